The third-order valence-electron chi connectivity index (χ3n) is 3.15. The number of carbonyl (C=O) groups excluding carboxylic acids is 1. The molecule has 1 amide bonds. The Kier molecular flexibility index (Phi) is 4.11. The lowest BCUT2D eigenvalue weighted by Gasteiger charge is -2.20. The highest BCUT2D eigenvalue weighted by molar-refractivity contribution is 5.95. The van der Waals surface area contributed by atoms with Crippen LogP contribution in [0.25, 0.3) is 0 Å². The molecule has 1 aliphatic heterocycles. The van der Waals surface area contributed by atoms with Crippen molar-refractivity contribution in [2.24, 2.45) is 0 Å². The fraction of sp³-hybridized carbons (Fsp3) is 0.462. The van der Waals surface area contributed by atoms with Crippen LogP contribution in [0, 0.1) is 17.0 Å². The molecule has 0 bridgehead atoms. The lowest BCUT2D eigenvalue weighted by Crippen LogP contribution is -2.34. The number of carbonyl (C=O) groups is 1. The Hall–Kier alpha value is -1.95. The van der Waals surface area contributed by atoms with Gasteiger partial charge in [-0.1, -0.05) is 0 Å². The fourth-order valence-corrected chi connectivity index (χ4v) is 2.22. The van der Waals surface area contributed by atoms with Crippen molar-refractivity contribution < 1.29 is 9.72 Å². The van der Waals surface area contributed by atoms with Crippen LogP contribution < -0.4 is 5.32 Å². The zero-order valence-corrected chi connectivity index (χ0v) is 10.9. The van der Waals surface area contributed by atoms with E-state index >= 15 is 0 Å². The largest absolute Gasteiger partial charge is 0.337 e. The molecule has 6 nitrogen and oxygen atoms in total. The maximum atomic E-state index is 12.4. The Bertz CT molecular complexity index is 494. The molecule has 6 heteroatoms. The summed E-state index contributed by atoms with van der Waals surface area (Å²) in [5, 5.41) is 14.1. The predicted molar refractivity (Wildman–Crippen MR) is 71.2 cm³/mol. The lowest BCUT2D eigenvalue weighted by atomic mass is 10.1. The first-order valence-corrected chi connectivity index (χ1v) is 6.34. The van der Waals surface area contributed by atoms with Crippen LogP contribution in [-0.4, -0.2) is 41.9 Å². The van der Waals surface area contributed by atoms with Gasteiger partial charge in [0.1, 0.15) is 0 Å². The van der Waals surface area contributed by atoms with Crippen LogP contribution in [0.3, 0.4) is 0 Å². The predicted octanol–water partition coefficient (Wildman–Crippen LogP) is 1.34. The molecule has 1 saturated heterocycles. The fourth-order valence-electron chi connectivity index (χ4n) is 2.22. The van der Waals surface area contributed by atoms with Crippen molar-refractivity contribution in [1.29, 1.82) is 0 Å². The van der Waals surface area contributed by atoms with Gasteiger partial charge in [0, 0.05) is 37.3 Å². The average Bonchev–Trinajstić information content (AvgIpc) is 2.65. The molecule has 0 atom stereocenters. The lowest BCUT2D eigenvalue weighted by molar-refractivity contribution is -0.384. The van der Waals surface area contributed by atoms with Crippen molar-refractivity contribution in [2.45, 2.75) is 13.3 Å². The Balaban J connectivity index is 2.24. The minimum Gasteiger partial charge on any atom is -0.337 e. The second-order valence-electron chi connectivity index (χ2n) is 4.71. The van der Waals surface area contributed by atoms with Crippen LogP contribution in [0.2, 0.25) is 0 Å². The van der Waals surface area contributed by atoms with E-state index in [4.69, 9.17) is 0 Å². The summed E-state index contributed by atoms with van der Waals surface area (Å²) in [5.74, 6) is -0.129. The van der Waals surface area contributed by atoms with Crippen LogP contribution in [0.5, 0.6) is 0 Å². The number of amides is 1. The van der Waals surface area contributed by atoms with E-state index in [1.807, 2.05) is 0 Å². The van der Waals surface area contributed by atoms with Crippen LogP contribution in [0.1, 0.15) is 22.3 Å². The van der Waals surface area contributed by atoms with Gasteiger partial charge >= 0.3 is 0 Å². The molecule has 0 saturated carbocycles. The van der Waals surface area contributed by atoms with Gasteiger partial charge in [-0.3, -0.25) is 14.9 Å². The number of aryl methyl sites for hydroxylation is 1. The van der Waals surface area contributed by atoms with Gasteiger partial charge in [0.05, 0.1) is 4.92 Å². The standard InChI is InChI=1S/C13H17N3O3/c1-10-7-11(9-12(8-10)16(18)19)13(17)15-5-2-3-14-4-6-15/h7-9,14H,2-6H2,1H3. The normalized spacial score (nSPS) is 15.9. The molecule has 102 valence electrons. The van der Waals surface area contributed by atoms with Gasteiger partial charge in [-0.25, -0.2) is 0 Å². The number of nitrogens with zero attached hydrogens (tertiary/aromatic N) is 2. The molecule has 1 aromatic rings. The molecule has 1 aliphatic rings. The second-order valence-corrected chi connectivity index (χ2v) is 4.71. The van der Waals surface area contributed by atoms with Crippen molar-refractivity contribution >= 4 is 11.6 Å². The maximum Gasteiger partial charge on any atom is 0.270 e. The van der Waals surface area contributed by atoms with Gasteiger partial charge in [0.25, 0.3) is 11.6 Å². The highest BCUT2D eigenvalue weighted by atomic mass is 16.6. The van der Waals surface area contributed by atoms with Crippen LogP contribution in [-0.2, 0) is 0 Å². The van der Waals surface area contributed by atoms with E-state index in [9.17, 15) is 14.9 Å². The molecular formula is C13H17N3O3. The first-order chi connectivity index (χ1) is 9.08. The van der Waals surface area contributed by atoms with Crippen molar-refractivity contribution in [3.05, 3.63) is 39.4 Å². The summed E-state index contributed by atoms with van der Waals surface area (Å²) in [7, 11) is 0. The number of rotatable bonds is 2. The monoisotopic (exact) mass is 263 g/mol. The average molecular weight is 263 g/mol. The first kappa shape index (κ1) is 13.5. The summed E-state index contributed by atoms with van der Waals surface area (Å²) in [6.07, 6.45) is 0.902. The van der Waals surface area contributed by atoms with Crippen LogP contribution in [0.4, 0.5) is 5.69 Å². The zero-order valence-electron chi connectivity index (χ0n) is 10.9. The van der Waals surface area contributed by atoms with E-state index in [0.717, 1.165) is 25.1 Å². The molecule has 1 fully saturated rings. The first-order valence-electron chi connectivity index (χ1n) is 6.34. The third-order valence-corrected chi connectivity index (χ3v) is 3.15. The highest BCUT2D eigenvalue weighted by Crippen LogP contribution is 2.18. The molecule has 1 N–H and O–H groups in total. The summed E-state index contributed by atoms with van der Waals surface area (Å²) in [6, 6.07) is 4.53. The summed E-state index contributed by atoms with van der Waals surface area (Å²) in [6.45, 7) is 4.75. The van der Waals surface area contributed by atoms with E-state index in [1.165, 1.54) is 12.1 Å². The Morgan fingerprint density at radius 3 is 2.84 bits per heavy atom. The number of nitrogens with one attached hydrogen (secondary N) is 1. The number of hydrogen-bond acceptors (Lipinski definition) is 4. The maximum absolute atomic E-state index is 12.4. The smallest absolute Gasteiger partial charge is 0.270 e. The molecule has 0 aromatic heterocycles. The van der Waals surface area contributed by atoms with E-state index in [-0.39, 0.29) is 11.6 Å². The molecule has 2 rings (SSSR count). The molecule has 0 spiro atoms. The van der Waals surface area contributed by atoms with Gasteiger partial charge in [0.2, 0.25) is 0 Å². The van der Waals surface area contributed by atoms with E-state index in [1.54, 1.807) is 17.9 Å². The van der Waals surface area contributed by atoms with Crippen molar-refractivity contribution in [2.75, 3.05) is 26.2 Å². The van der Waals surface area contributed by atoms with E-state index < -0.39 is 4.92 Å². The second kappa shape index (κ2) is 5.79. The molecule has 0 aliphatic carbocycles. The zero-order chi connectivity index (χ0) is 13.8. The Morgan fingerprint density at radius 2 is 2.11 bits per heavy atom. The van der Waals surface area contributed by atoms with Gasteiger partial charge < -0.3 is 10.2 Å². The number of benzene rings is 1. The van der Waals surface area contributed by atoms with Crippen LogP contribution in [0.15, 0.2) is 18.2 Å². The number of non-ortho nitro benzene ring substituents is 1. The molecule has 1 heterocycles. The summed E-state index contributed by atoms with van der Waals surface area (Å²) in [4.78, 5) is 24.5. The van der Waals surface area contributed by atoms with E-state index in [0.29, 0.717) is 18.7 Å². The van der Waals surface area contributed by atoms with Crippen molar-refractivity contribution in [3.8, 4) is 0 Å². The molecule has 1 aromatic carbocycles. The van der Waals surface area contributed by atoms with Gasteiger partial charge in [-0.05, 0) is 31.5 Å². The number of hydrogen-bond donors (Lipinski definition) is 1. The van der Waals surface area contributed by atoms with Gasteiger partial charge in [-0.15, -0.1) is 0 Å². The minimum absolute atomic E-state index is 0.0312. The molecule has 0 radical (unpaired) electrons. The van der Waals surface area contributed by atoms with Crippen LogP contribution >= 0.6 is 0 Å². The molecular weight excluding hydrogens is 246 g/mol. The number of nitro groups is 1. The summed E-state index contributed by atoms with van der Waals surface area (Å²) in [5.41, 5.74) is 1.09. The Morgan fingerprint density at radius 1 is 1.32 bits per heavy atom. The quantitative estimate of drug-likeness (QED) is 0.645. The van der Waals surface area contributed by atoms with E-state index in [2.05, 4.69) is 5.32 Å². The molecule has 19 heavy (non-hydrogen) atoms. The summed E-state index contributed by atoms with van der Waals surface area (Å²) >= 11 is 0. The van der Waals surface area contributed by atoms with Gasteiger partial charge in [-0.2, -0.15) is 0 Å². The molecule has 0 unspecified atom stereocenters. The Labute approximate surface area is 111 Å². The SMILES string of the molecule is Cc1cc(C(=O)N2CCCNCC2)cc([N+](=O)[O-])c1. The third kappa shape index (κ3) is 3.29. The topological polar surface area (TPSA) is 75.5 Å². The van der Waals surface area contributed by atoms with Crippen molar-refractivity contribution in [1.82, 2.24) is 10.2 Å². The summed E-state index contributed by atoms with van der Waals surface area (Å²) < 4.78 is 0. The van der Waals surface area contributed by atoms with Gasteiger partial charge in [0.15, 0.2) is 0 Å². The minimum atomic E-state index is -0.465. The number of nitro benzene ring substituents is 1. The highest BCUT2D eigenvalue weighted by Gasteiger charge is 2.19. The van der Waals surface area contributed by atoms with Crippen molar-refractivity contribution in [3.63, 3.8) is 0 Å².